The molecule has 6 nitrogen and oxygen atoms in total. The number of rotatable bonds is 3. The van der Waals surface area contributed by atoms with E-state index < -0.39 is 0 Å². The highest BCUT2D eigenvalue weighted by atomic mass is 16.7. The van der Waals surface area contributed by atoms with E-state index in [-0.39, 0.29) is 18.7 Å². The lowest BCUT2D eigenvalue weighted by molar-refractivity contribution is -0.121. The molecule has 114 valence electrons. The molecule has 0 saturated carbocycles. The van der Waals surface area contributed by atoms with Crippen LogP contribution in [0.1, 0.15) is 17.7 Å². The van der Waals surface area contributed by atoms with Crippen molar-refractivity contribution in [1.29, 1.82) is 0 Å². The van der Waals surface area contributed by atoms with Crippen LogP contribution in [0.5, 0.6) is 11.5 Å². The summed E-state index contributed by atoms with van der Waals surface area (Å²) < 4.78 is 12.6. The molecule has 1 atom stereocenters. The van der Waals surface area contributed by atoms with Gasteiger partial charge in [-0.15, -0.1) is 0 Å². The van der Waals surface area contributed by atoms with Crippen molar-refractivity contribution in [3.63, 3.8) is 0 Å². The summed E-state index contributed by atoms with van der Waals surface area (Å²) in [7, 11) is 0. The minimum absolute atomic E-state index is 0.0387. The van der Waals surface area contributed by atoms with E-state index >= 15 is 0 Å². The maximum absolute atomic E-state index is 12.2. The standard InChI is InChI=1S/C16H17N3O3/c20-16(8-11-1-2-14-15(7-11)22-10-21-14)18-12-4-6-19-13(9-12)3-5-17-19/h1-3,5,7,12H,4,6,8-10H2,(H,18,20). The first-order chi connectivity index (χ1) is 10.8. The molecular weight excluding hydrogens is 282 g/mol. The minimum Gasteiger partial charge on any atom is -0.454 e. The largest absolute Gasteiger partial charge is 0.454 e. The summed E-state index contributed by atoms with van der Waals surface area (Å²) in [6.07, 6.45) is 3.92. The Bertz CT molecular complexity index is 710. The quantitative estimate of drug-likeness (QED) is 0.927. The number of carbonyl (C=O) groups excluding carboxylic acids is 1. The lowest BCUT2D eigenvalue weighted by Gasteiger charge is -2.24. The van der Waals surface area contributed by atoms with Crippen LogP contribution in [0.25, 0.3) is 0 Å². The van der Waals surface area contributed by atoms with Gasteiger partial charge in [-0.1, -0.05) is 6.07 Å². The molecular formula is C16H17N3O3. The Kier molecular flexibility index (Phi) is 3.21. The van der Waals surface area contributed by atoms with Gasteiger partial charge in [-0.3, -0.25) is 9.48 Å². The topological polar surface area (TPSA) is 65.4 Å². The number of fused-ring (bicyclic) bond motifs is 2. The Balaban J connectivity index is 1.37. The average Bonchev–Trinajstić information content (AvgIpc) is 3.14. The highest BCUT2D eigenvalue weighted by Gasteiger charge is 2.21. The number of aryl methyl sites for hydroxylation is 1. The van der Waals surface area contributed by atoms with E-state index in [1.807, 2.05) is 35.1 Å². The van der Waals surface area contributed by atoms with Crippen molar-refractivity contribution in [1.82, 2.24) is 15.1 Å². The number of amides is 1. The second-order valence-electron chi connectivity index (χ2n) is 5.67. The maximum Gasteiger partial charge on any atom is 0.231 e. The van der Waals surface area contributed by atoms with Gasteiger partial charge in [-0.2, -0.15) is 5.10 Å². The summed E-state index contributed by atoms with van der Waals surface area (Å²) in [5.41, 5.74) is 2.11. The van der Waals surface area contributed by atoms with Crippen molar-refractivity contribution in [2.75, 3.05) is 6.79 Å². The third-order valence-corrected chi connectivity index (χ3v) is 4.12. The van der Waals surface area contributed by atoms with Gasteiger partial charge < -0.3 is 14.8 Å². The fourth-order valence-electron chi connectivity index (χ4n) is 3.01. The molecule has 0 bridgehead atoms. The molecule has 1 N–H and O–H groups in total. The SMILES string of the molecule is O=C(Cc1ccc2c(c1)OCO2)NC1CCn2nccc2C1. The molecule has 3 heterocycles. The number of carbonyl (C=O) groups is 1. The zero-order valence-corrected chi connectivity index (χ0v) is 12.1. The lowest BCUT2D eigenvalue weighted by atomic mass is 10.0. The van der Waals surface area contributed by atoms with Crippen LogP contribution < -0.4 is 14.8 Å². The number of nitrogens with one attached hydrogen (secondary N) is 1. The first-order valence-electron chi connectivity index (χ1n) is 7.46. The van der Waals surface area contributed by atoms with Crippen molar-refractivity contribution in [2.45, 2.75) is 31.8 Å². The van der Waals surface area contributed by atoms with Crippen molar-refractivity contribution in [2.24, 2.45) is 0 Å². The van der Waals surface area contributed by atoms with Gasteiger partial charge in [0.2, 0.25) is 12.7 Å². The number of hydrogen-bond donors (Lipinski definition) is 1. The molecule has 1 aromatic carbocycles. The van der Waals surface area contributed by atoms with Crippen LogP contribution in [0.4, 0.5) is 0 Å². The van der Waals surface area contributed by atoms with Crippen LogP contribution in [0.3, 0.4) is 0 Å². The van der Waals surface area contributed by atoms with Crippen molar-refractivity contribution in [3.05, 3.63) is 41.7 Å². The summed E-state index contributed by atoms with van der Waals surface area (Å²) in [5.74, 6) is 1.49. The van der Waals surface area contributed by atoms with Crippen LogP contribution >= 0.6 is 0 Å². The van der Waals surface area contributed by atoms with Gasteiger partial charge in [-0.05, 0) is 30.2 Å². The highest BCUT2D eigenvalue weighted by molar-refractivity contribution is 5.79. The Morgan fingerprint density at radius 3 is 3.18 bits per heavy atom. The maximum atomic E-state index is 12.2. The number of aromatic nitrogens is 2. The molecule has 0 saturated heterocycles. The van der Waals surface area contributed by atoms with E-state index in [4.69, 9.17) is 9.47 Å². The van der Waals surface area contributed by atoms with E-state index in [0.29, 0.717) is 12.2 Å². The smallest absolute Gasteiger partial charge is 0.231 e. The van der Waals surface area contributed by atoms with E-state index in [2.05, 4.69) is 10.4 Å². The number of benzene rings is 1. The van der Waals surface area contributed by atoms with Gasteiger partial charge in [0, 0.05) is 30.9 Å². The molecule has 6 heteroatoms. The average molecular weight is 299 g/mol. The van der Waals surface area contributed by atoms with Crippen molar-refractivity contribution in [3.8, 4) is 11.5 Å². The summed E-state index contributed by atoms with van der Waals surface area (Å²) in [4.78, 5) is 12.2. The zero-order valence-electron chi connectivity index (χ0n) is 12.1. The van der Waals surface area contributed by atoms with Crippen LogP contribution in [0.15, 0.2) is 30.5 Å². The predicted octanol–water partition coefficient (Wildman–Crippen LogP) is 1.29. The first-order valence-corrected chi connectivity index (χ1v) is 7.46. The van der Waals surface area contributed by atoms with E-state index in [9.17, 15) is 4.79 Å². The monoisotopic (exact) mass is 299 g/mol. The molecule has 2 aromatic rings. The number of hydrogen-bond acceptors (Lipinski definition) is 4. The third kappa shape index (κ3) is 2.52. The number of nitrogens with zero attached hydrogens (tertiary/aromatic N) is 2. The van der Waals surface area contributed by atoms with E-state index in [1.54, 1.807) is 0 Å². The zero-order chi connectivity index (χ0) is 14.9. The second kappa shape index (κ2) is 5.36. The fraction of sp³-hybridized carbons (Fsp3) is 0.375. The van der Waals surface area contributed by atoms with Gasteiger partial charge in [0.05, 0.1) is 6.42 Å². The van der Waals surface area contributed by atoms with Crippen LogP contribution in [-0.2, 0) is 24.2 Å². The Morgan fingerprint density at radius 1 is 1.32 bits per heavy atom. The molecule has 1 amide bonds. The highest BCUT2D eigenvalue weighted by Crippen LogP contribution is 2.32. The third-order valence-electron chi connectivity index (χ3n) is 4.12. The molecule has 0 spiro atoms. The molecule has 2 aliphatic rings. The molecule has 4 rings (SSSR count). The van der Waals surface area contributed by atoms with Crippen LogP contribution in [-0.4, -0.2) is 28.5 Å². The Hall–Kier alpha value is -2.50. The van der Waals surface area contributed by atoms with E-state index in [1.165, 1.54) is 5.69 Å². The molecule has 1 aromatic heterocycles. The van der Waals surface area contributed by atoms with Crippen LogP contribution in [0.2, 0.25) is 0 Å². The minimum atomic E-state index is 0.0387. The molecule has 2 aliphatic heterocycles. The van der Waals surface area contributed by atoms with Gasteiger partial charge in [0.25, 0.3) is 0 Å². The Labute approximate surface area is 128 Å². The van der Waals surface area contributed by atoms with Crippen molar-refractivity contribution < 1.29 is 14.3 Å². The summed E-state index contributed by atoms with van der Waals surface area (Å²) in [6, 6.07) is 7.83. The van der Waals surface area contributed by atoms with Gasteiger partial charge in [0.1, 0.15) is 0 Å². The molecule has 0 aliphatic carbocycles. The second-order valence-corrected chi connectivity index (χ2v) is 5.67. The summed E-state index contributed by atoms with van der Waals surface area (Å²) >= 11 is 0. The van der Waals surface area contributed by atoms with Gasteiger partial charge >= 0.3 is 0 Å². The predicted molar refractivity (Wildman–Crippen MR) is 78.7 cm³/mol. The summed E-state index contributed by atoms with van der Waals surface area (Å²) in [5, 5.41) is 7.36. The van der Waals surface area contributed by atoms with Gasteiger partial charge in [0.15, 0.2) is 11.5 Å². The van der Waals surface area contributed by atoms with Crippen LogP contribution in [0, 0.1) is 0 Å². The lowest BCUT2D eigenvalue weighted by Crippen LogP contribution is -2.40. The molecule has 0 radical (unpaired) electrons. The van der Waals surface area contributed by atoms with Crippen molar-refractivity contribution >= 4 is 5.91 Å². The Morgan fingerprint density at radius 2 is 2.23 bits per heavy atom. The normalized spacial score (nSPS) is 18.8. The van der Waals surface area contributed by atoms with Gasteiger partial charge in [-0.25, -0.2) is 0 Å². The summed E-state index contributed by atoms with van der Waals surface area (Å²) in [6.45, 7) is 1.11. The molecule has 1 unspecified atom stereocenters. The number of ether oxygens (including phenoxy) is 2. The molecule has 22 heavy (non-hydrogen) atoms. The molecule has 0 fully saturated rings. The first kappa shape index (κ1) is 13.2. The van der Waals surface area contributed by atoms with E-state index in [0.717, 1.165) is 30.7 Å². The fourth-order valence-corrected chi connectivity index (χ4v) is 3.01.